The van der Waals surface area contributed by atoms with Crippen LogP contribution in [-0.4, -0.2) is 45.9 Å². The first-order chi connectivity index (χ1) is 16.0. The molecule has 1 saturated heterocycles. The lowest BCUT2D eigenvalue weighted by Crippen LogP contribution is -2.54. The molecule has 34 heavy (non-hydrogen) atoms. The number of ketones is 1. The van der Waals surface area contributed by atoms with Crippen LogP contribution in [0.4, 0.5) is 17.6 Å². The fraction of sp³-hybridized carbons (Fsp3) is 0.286. The van der Waals surface area contributed by atoms with Crippen molar-refractivity contribution in [2.24, 2.45) is 0 Å². The van der Waals surface area contributed by atoms with Crippen molar-refractivity contribution in [3.05, 3.63) is 71.0 Å². The van der Waals surface area contributed by atoms with E-state index in [4.69, 9.17) is 11.6 Å². The molecule has 0 radical (unpaired) electrons. The molecule has 1 aliphatic rings. The molecule has 1 atom stereocenters. The lowest BCUT2D eigenvalue weighted by Gasteiger charge is -2.38. The maximum absolute atomic E-state index is 13.1. The number of benzene rings is 1. The predicted molar refractivity (Wildman–Crippen MR) is 113 cm³/mol. The molecule has 1 aliphatic heterocycles. The second kappa shape index (κ2) is 9.08. The zero-order valence-electron chi connectivity index (χ0n) is 17.3. The summed E-state index contributed by atoms with van der Waals surface area (Å²) in [6, 6.07) is 5.55. The topological polar surface area (TPSA) is 85.2 Å². The fourth-order valence-electron chi connectivity index (χ4n) is 3.52. The van der Waals surface area contributed by atoms with Gasteiger partial charge in [-0.05, 0) is 49.2 Å². The third kappa shape index (κ3) is 4.84. The third-order valence-electron chi connectivity index (χ3n) is 5.44. The molecule has 0 spiro atoms. The summed E-state index contributed by atoms with van der Waals surface area (Å²) in [7, 11) is -3.93. The smallest absolute Gasteiger partial charge is 0.298 e. The summed E-state index contributed by atoms with van der Waals surface area (Å²) in [5.41, 5.74) is -0.314. The van der Waals surface area contributed by atoms with Crippen molar-refractivity contribution in [3.8, 4) is 5.69 Å². The number of rotatable bonds is 7. The molecule has 3 aromatic rings. The minimum atomic E-state index is -4.56. The van der Waals surface area contributed by atoms with E-state index in [0.717, 1.165) is 40.8 Å². The van der Waals surface area contributed by atoms with Gasteiger partial charge in [0.2, 0.25) is 10.0 Å². The molecule has 180 valence electrons. The molecule has 0 amide bonds. The minimum Gasteiger partial charge on any atom is -0.298 e. The SMILES string of the molecule is O=C(CCc1cn(-c2ccc(C(F)(F)F)nc2)nc1Cl)[C@@H]1CCN1S(=O)(=O)c1ccc(F)cc1. The highest BCUT2D eigenvalue weighted by molar-refractivity contribution is 7.89. The van der Waals surface area contributed by atoms with Gasteiger partial charge in [0.15, 0.2) is 10.9 Å². The van der Waals surface area contributed by atoms with Crippen LogP contribution in [0.1, 0.15) is 24.1 Å². The monoisotopic (exact) mass is 516 g/mol. The third-order valence-corrected chi connectivity index (χ3v) is 7.69. The average Bonchev–Trinajstić information content (AvgIpc) is 3.11. The molecule has 0 N–H and O–H groups in total. The Morgan fingerprint density at radius 3 is 2.41 bits per heavy atom. The first-order valence-electron chi connectivity index (χ1n) is 10.0. The number of alkyl halides is 3. The van der Waals surface area contributed by atoms with Gasteiger partial charge in [-0.2, -0.15) is 22.6 Å². The Bertz CT molecular complexity index is 1310. The normalized spacial score (nSPS) is 16.9. The molecule has 0 unspecified atom stereocenters. The number of aromatic nitrogens is 3. The maximum Gasteiger partial charge on any atom is 0.433 e. The number of aryl methyl sites for hydroxylation is 1. The van der Waals surface area contributed by atoms with Gasteiger partial charge in [0.05, 0.1) is 22.8 Å². The van der Waals surface area contributed by atoms with Crippen molar-refractivity contribution in [2.75, 3.05) is 6.54 Å². The van der Waals surface area contributed by atoms with E-state index in [9.17, 15) is 30.8 Å². The highest BCUT2D eigenvalue weighted by Gasteiger charge is 2.42. The second-order valence-corrected chi connectivity index (χ2v) is 9.88. The molecule has 7 nitrogen and oxygen atoms in total. The van der Waals surface area contributed by atoms with Crippen LogP contribution in [0.5, 0.6) is 0 Å². The maximum atomic E-state index is 13.1. The van der Waals surface area contributed by atoms with Gasteiger partial charge in [0.1, 0.15) is 11.5 Å². The van der Waals surface area contributed by atoms with Crippen molar-refractivity contribution < 1.29 is 30.8 Å². The zero-order valence-corrected chi connectivity index (χ0v) is 18.9. The van der Waals surface area contributed by atoms with Crippen molar-refractivity contribution in [2.45, 2.75) is 36.4 Å². The van der Waals surface area contributed by atoms with E-state index in [1.165, 1.54) is 16.9 Å². The van der Waals surface area contributed by atoms with Crippen LogP contribution in [0, 0.1) is 5.82 Å². The summed E-state index contributed by atoms with van der Waals surface area (Å²) in [5, 5.41) is 4.11. The Hall–Kier alpha value is -2.83. The molecule has 4 rings (SSSR count). The Labute approximate surface area is 197 Å². The van der Waals surface area contributed by atoms with E-state index in [0.29, 0.717) is 12.0 Å². The second-order valence-electron chi connectivity index (χ2n) is 7.63. The summed E-state index contributed by atoms with van der Waals surface area (Å²) < 4.78 is 79.0. The largest absolute Gasteiger partial charge is 0.433 e. The lowest BCUT2D eigenvalue weighted by atomic mass is 9.98. The highest BCUT2D eigenvalue weighted by Crippen LogP contribution is 2.30. The van der Waals surface area contributed by atoms with E-state index >= 15 is 0 Å². The van der Waals surface area contributed by atoms with Gasteiger partial charge in [-0.25, -0.2) is 22.5 Å². The summed E-state index contributed by atoms with van der Waals surface area (Å²) in [5.74, 6) is -0.878. The van der Waals surface area contributed by atoms with Crippen LogP contribution in [0.3, 0.4) is 0 Å². The number of hydrogen-bond donors (Lipinski definition) is 0. The highest BCUT2D eigenvalue weighted by atomic mass is 35.5. The van der Waals surface area contributed by atoms with Crippen molar-refractivity contribution >= 4 is 27.4 Å². The van der Waals surface area contributed by atoms with Crippen LogP contribution in [0.15, 0.2) is 53.7 Å². The van der Waals surface area contributed by atoms with Crippen molar-refractivity contribution in [1.29, 1.82) is 0 Å². The Morgan fingerprint density at radius 2 is 1.85 bits per heavy atom. The predicted octanol–water partition coefficient (Wildman–Crippen LogP) is 4.04. The van der Waals surface area contributed by atoms with E-state index in [-0.39, 0.29) is 40.9 Å². The molecule has 3 heterocycles. The summed E-state index contributed by atoms with van der Waals surface area (Å²) in [4.78, 5) is 16.0. The molecule has 1 fully saturated rings. The first-order valence-corrected chi connectivity index (χ1v) is 11.9. The average molecular weight is 517 g/mol. The van der Waals surface area contributed by atoms with E-state index in [1.807, 2.05) is 0 Å². The first kappa shape index (κ1) is 24.3. The molecule has 0 aliphatic carbocycles. The number of hydrogen-bond acceptors (Lipinski definition) is 5. The molecule has 2 aromatic heterocycles. The van der Waals surface area contributed by atoms with Gasteiger partial charge < -0.3 is 0 Å². The molecule has 0 bridgehead atoms. The minimum absolute atomic E-state index is 0.0171. The van der Waals surface area contributed by atoms with Gasteiger partial charge in [-0.3, -0.25) is 4.79 Å². The number of sulfonamides is 1. The molecule has 0 saturated carbocycles. The number of halogens is 5. The van der Waals surface area contributed by atoms with Crippen LogP contribution >= 0.6 is 11.6 Å². The van der Waals surface area contributed by atoms with Crippen LogP contribution in [0.25, 0.3) is 5.69 Å². The van der Waals surface area contributed by atoms with Gasteiger partial charge in [-0.15, -0.1) is 0 Å². The lowest BCUT2D eigenvalue weighted by molar-refractivity contribution is -0.141. The number of nitrogens with zero attached hydrogens (tertiary/aromatic N) is 4. The van der Waals surface area contributed by atoms with E-state index in [1.54, 1.807) is 0 Å². The summed E-state index contributed by atoms with van der Waals surface area (Å²) in [6.45, 7) is 0.176. The Kier molecular flexibility index (Phi) is 6.49. The van der Waals surface area contributed by atoms with Crippen molar-refractivity contribution in [1.82, 2.24) is 19.1 Å². The van der Waals surface area contributed by atoms with Crippen LogP contribution < -0.4 is 0 Å². The zero-order chi connectivity index (χ0) is 24.7. The van der Waals surface area contributed by atoms with E-state index < -0.39 is 33.8 Å². The van der Waals surface area contributed by atoms with Gasteiger partial charge >= 0.3 is 6.18 Å². The summed E-state index contributed by atoms with van der Waals surface area (Å²) >= 11 is 6.12. The standard InChI is InChI=1S/C21H17ClF4N4O3S/c22-20-13(12-29(28-20)15-4-8-19(27-11-15)21(24,25)26)1-7-18(31)17-9-10-30(17)34(32,33)16-5-2-14(23)3-6-16/h2-6,8,11-12,17H,1,7,9-10H2/t17-/m0/s1. The van der Waals surface area contributed by atoms with Crippen LogP contribution in [-0.2, 0) is 27.4 Å². The Balaban J connectivity index is 1.41. The van der Waals surface area contributed by atoms with Crippen molar-refractivity contribution in [3.63, 3.8) is 0 Å². The van der Waals surface area contributed by atoms with Gasteiger partial charge in [0, 0.05) is 24.7 Å². The molecule has 1 aromatic carbocycles. The molecular weight excluding hydrogens is 500 g/mol. The summed E-state index contributed by atoms with van der Waals surface area (Å²) in [6.07, 6.45) is -1.57. The fourth-order valence-corrected chi connectivity index (χ4v) is 5.40. The number of carbonyl (C=O) groups is 1. The quantitative estimate of drug-likeness (QED) is 0.442. The van der Waals surface area contributed by atoms with Crippen LogP contribution in [0.2, 0.25) is 5.15 Å². The number of carbonyl (C=O) groups excluding carboxylic acids is 1. The van der Waals surface area contributed by atoms with E-state index in [2.05, 4.69) is 10.1 Å². The van der Waals surface area contributed by atoms with Gasteiger partial charge in [0.25, 0.3) is 0 Å². The molecule has 13 heteroatoms. The number of Topliss-reactive ketones (excluding diaryl/α,β-unsaturated/α-hetero) is 1. The number of pyridine rings is 1. The molecular formula is C21H17ClF4N4O3S. The van der Waals surface area contributed by atoms with Gasteiger partial charge in [-0.1, -0.05) is 11.6 Å². The Morgan fingerprint density at radius 1 is 1.15 bits per heavy atom.